The van der Waals surface area contributed by atoms with E-state index in [9.17, 15) is 4.79 Å². The van der Waals surface area contributed by atoms with Gasteiger partial charge in [0.2, 0.25) is 0 Å². The number of hydrogen-bond acceptors (Lipinski definition) is 3. The maximum Gasteiger partial charge on any atom is 0.310 e. The Morgan fingerprint density at radius 2 is 2.25 bits per heavy atom. The Kier molecular flexibility index (Phi) is 5.40. The summed E-state index contributed by atoms with van der Waals surface area (Å²) in [6.07, 6.45) is 8.79. The number of carbonyl (C=O) groups excluding carboxylic acids is 1. The second kappa shape index (κ2) is 6.88. The third-order valence-corrected chi connectivity index (χ3v) is 2.22. The van der Waals surface area contributed by atoms with E-state index in [1.54, 1.807) is 6.26 Å². The predicted molar refractivity (Wildman–Crippen MR) is 62.8 cm³/mol. The van der Waals surface area contributed by atoms with Crippen molar-refractivity contribution in [2.45, 2.75) is 26.7 Å². The van der Waals surface area contributed by atoms with E-state index in [-0.39, 0.29) is 5.97 Å². The lowest BCUT2D eigenvalue weighted by Gasteiger charge is -2.12. The van der Waals surface area contributed by atoms with Gasteiger partial charge in [-0.15, -0.1) is 0 Å². The summed E-state index contributed by atoms with van der Waals surface area (Å²) in [5.41, 5.74) is 2.03. The Hall–Kier alpha value is -1.51. The molecule has 0 aliphatic heterocycles. The van der Waals surface area contributed by atoms with Gasteiger partial charge < -0.3 is 9.47 Å². The molecule has 1 aliphatic rings. The van der Waals surface area contributed by atoms with Crippen LogP contribution in [-0.2, 0) is 14.3 Å². The van der Waals surface area contributed by atoms with Crippen LogP contribution in [0.2, 0.25) is 0 Å². The number of hydrogen-bond donors (Lipinski definition) is 0. The molecule has 0 spiro atoms. The van der Waals surface area contributed by atoms with Crippen LogP contribution in [0.25, 0.3) is 0 Å². The van der Waals surface area contributed by atoms with Crippen molar-refractivity contribution < 1.29 is 14.3 Å². The van der Waals surface area contributed by atoms with Gasteiger partial charge in [-0.05, 0) is 31.4 Å². The van der Waals surface area contributed by atoms with Crippen molar-refractivity contribution in [1.29, 1.82) is 0 Å². The fourth-order valence-electron chi connectivity index (χ4n) is 1.47. The van der Waals surface area contributed by atoms with Gasteiger partial charge >= 0.3 is 5.97 Å². The van der Waals surface area contributed by atoms with Crippen LogP contribution in [0.3, 0.4) is 0 Å². The Morgan fingerprint density at radius 1 is 1.44 bits per heavy atom. The molecule has 0 unspecified atom stereocenters. The van der Waals surface area contributed by atoms with Gasteiger partial charge in [0.15, 0.2) is 0 Å². The highest BCUT2D eigenvalue weighted by Crippen LogP contribution is 2.22. The van der Waals surface area contributed by atoms with Crippen LogP contribution in [0.1, 0.15) is 26.7 Å². The zero-order chi connectivity index (χ0) is 11.8. The van der Waals surface area contributed by atoms with Gasteiger partial charge in [-0.2, -0.15) is 0 Å². The molecule has 0 aromatic carbocycles. The molecule has 0 atom stereocenters. The van der Waals surface area contributed by atoms with E-state index in [0.717, 1.165) is 17.6 Å². The van der Waals surface area contributed by atoms with Crippen molar-refractivity contribution in [1.82, 2.24) is 0 Å². The van der Waals surface area contributed by atoms with Crippen molar-refractivity contribution >= 4 is 5.97 Å². The molecule has 1 rings (SSSR count). The molecule has 16 heavy (non-hydrogen) atoms. The van der Waals surface area contributed by atoms with E-state index in [1.807, 2.05) is 32.1 Å². The van der Waals surface area contributed by atoms with Crippen LogP contribution >= 0.6 is 0 Å². The first-order valence-corrected chi connectivity index (χ1v) is 5.60. The quantitative estimate of drug-likeness (QED) is 0.530. The molecule has 1 aliphatic carbocycles. The summed E-state index contributed by atoms with van der Waals surface area (Å²) >= 11 is 0. The first-order chi connectivity index (χ1) is 7.77. The minimum Gasteiger partial charge on any atom is -0.501 e. The van der Waals surface area contributed by atoms with Gasteiger partial charge in [-0.3, -0.25) is 4.79 Å². The summed E-state index contributed by atoms with van der Waals surface area (Å²) in [4.78, 5) is 11.4. The summed E-state index contributed by atoms with van der Waals surface area (Å²) in [5.74, 6) is -0.188. The minimum absolute atomic E-state index is 0.188. The van der Waals surface area contributed by atoms with E-state index in [0.29, 0.717) is 19.6 Å². The van der Waals surface area contributed by atoms with Gasteiger partial charge in [-0.1, -0.05) is 18.2 Å². The number of ether oxygens (including phenoxy) is 2. The van der Waals surface area contributed by atoms with Gasteiger partial charge in [0.25, 0.3) is 0 Å². The molecule has 0 saturated heterocycles. The number of carbonyl (C=O) groups is 1. The number of esters is 1. The zero-order valence-electron chi connectivity index (χ0n) is 9.86. The highest BCUT2D eigenvalue weighted by Gasteiger charge is 2.12. The molecule has 0 aromatic heterocycles. The number of allylic oxidation sites excluding steroid dienone is 4. The summed E-state index contributed by atoms with van der Waals surface area (Å²) in [5, 5.41) is 0. The van der Waals surface area contributed by atoms with Crippen LogP contribution < -0.4 is 0 Å². The molecule has 3 heteroatoms. The highest BCUT2D eigenvalue weighted by molar-refractivity contribution is 5.74. The average Bonchev–Trinajstić information content (AvgIpc) is 2.28. The van der Waals surface area contributed by atoms with Crippen LogP contribution in [0.4, 0.5) is 0 Å². The van der Waals surface area contributed by atoms with Crippen molar-refractivity contribution in [3.05, 3.63) is 35.6 Å². The van der Waals surface area contributed by atoms with E-state index in [4.69, 9.17) is 9.47 Å². The van der Waals surface area contributed by atoms with Crippen LogP contribution in [-0.4, -0.2) is 19.2 Å². The van der Waals surface area contributed by atoms with E-state index in [2.05, 4.69) is 0 Å². The topological polar surface area (TPSA) is 35.5 Å². The standard InChI is InChI=1S/C13H18O3/c1-3-15-10-12-8-6-5-7-11(12)9-13(14)16-4-2/h5-7,10H,3-4,8-9H2,1-2H3. The average molecular weight is 222 g/mol. The maximum atomic E-state index is 11.4. The lowest BCUT2D eigenvalue weighted by molar-refractivity contribution is -0.142. The van der Waals surface area contributed by atoms with Crippen LogP contribution in [0, 0.1) is 0 Å². The molecular weight excluding hydrogens is 204 g/mol. The van der Waals surface area contributed by atoms with Gasteiger partial charge in [-0.25, -0.2) is 0 Å². The Labute approximate surface area is 96.4 Å². The van der Waals surface area contributed by atoms with Gasteiger partial charge in [0.05, 0.1) is 25.9 Å². The summed E-state index contributed by atoms with van der Waals surface area (Å²) in [6.45, 7) is 4.81. The first kappa shape index (κ1) is 12.6. The SMILES string of the molecule is CCOC=C1CC=CC=C1CC(=O)OCC. The Morgan fingerprint density at radius 3 is 2.94 bits per heavy atom. The van der Waals surface area contributed by atoms with Crippen molar-refractivity contribution in [3.8, 4) is 0 Å². The molecule has 3 nitrogen and oxygen atoms in total. The summed E-state index contributed by atoms with van der Waals surface area (Å²) in [7, 11) is 0. The second-order valence-electron chi connectivity index (χ2n) is 3.40. The van der Waals surface area contributed by atoms with Gasteiger partial charge in [0.1, 0.15) is 0 Å². The first-order valence-electron chi connectivity index (χ1n) is 5.60. The molecule has 88 valence electrons. The Bertz CT molecular complexity index is 324. The fourth-order valence-corrected chi connectivity index (χ4v) is 1.47. The molecular formula is C13H18O3. The fraction of sp³-hybridized carbons (Fsp3) is 0.462. The molecule has 0 heterocycles. The molecule has 0 saturated carbocycles. The maximum absolute atomic E-state index is 11.4. The van der Waals surface area contributed by atoms with Crippen molar-refractivity contribution in [2.75, 3.05) is 13.2 Å². The zero-order valence-corrected chi connectivity index (χ0v) is 9.86. The molecule has 0 N–H and O–H groups in total. The van der Waals surface area contributed by atoms with E-state index in [1.165, 1.54) is 0 Å². The summed E-state index contributed by atoms with van der Waals surface area (Å²) < 4.78 is 10.2. The van der Waals surface area contributed by atoms with E-state index < -0.39 is 0 Å². The smallest absolute Gasteiger partial charge is 0.310 e. The lowest BCUT2D eigenvalue weighted by Crippen LogP contribution is -2.07. The third-order valence-electron chi connectivity index (χ3n) is 2.22. The minimum atomic E-state index is -0.188. The third kappa shape index (κ3) is 3.93. The van der Waals surface area contributed by atoms with Crippen LogP contribution in [0.15, 0.2) is 35.6 Å². The summed E-state index contributed by atoms with van der Waals surface area (Å²) in [6, 6.07) is 0. The van der Waals surface area contributed by atoms with Gasteiger partial charge in [0, 0.05) is 0 Å². The normalized spacial score (nSPS) is 17.1. The van der Waals surface area contributed by atoms with Crippen molar-refractivity contribution in [3.63, 3.8) is 0 Å². The monoisotopic (exact) mass is 222 g/mol. The largest absolute Gasteiger partial charge is 0.501 e. The lowest BCUT2D eigenvalue weighted by atomic mass is 9.97. The predicted octanol–water partition coefficient (Wildman–Crippen LogP) is 2.75. The molecule has 0 aromatic rings. The number of rotatable bonds is 5. The second-order valence-corrected chi connectivity index (χ2v) is 3.40. The highest BCUT2D eigenvalue weighted by atomic mass is 16.5. The van der Waals surface area contributed by atoms with E-state index >= 15 is 0 Å². The molecule has 0 fully saturated rings. The molecule has 0 bridgehead atoms. The molecule has 0 radical (unpaired) electrons. The molecule has 0 amide bonds. The van der Waals surface area contributed by atoms with Crippen LogP contribution in [0.5, 0.6) is 0 Å². The van der Waals surface area contributed by atoms with Crippen molar-refractivity contribution in [2.24, 2.45) is 0 Å². The Balaban J connectivity index is 2.63.